The fourth-order valence-corrected chi connectivity index (χ4v) is 1.37. The number of hydrogen-bond donors (Lipinski definition) is 2. The Morgan fingerprint density at radius 1 is 1.65 bits per heavy atom. The minimum atomic E-state index is -0.648. The molecular formula is C11H18N4O2. The molecule has 0 spiro atoms. The first-order valence-corrected chi connectivity index (χ1v) is 5.26. The third-order valence-corrected chi connectivity index (χ3v) is 2.26. The van der Waals surface area contributed by atoms with Gasteiger partial charge in [-0.05, 0) is 12.1 Å². The number of methoxy groups -OCH3 is 1. The highest BCUT2D eigenvalue weighted by molar-refractivity contribution is 5.96. The molecule has 1 heterocycles. The second-order valence-electron chi connectivity index (χ2n) is 3.72. The third kappa shape index (κ3) is 3.40. The van der Waals surface area contributed by atoms with E-state index in [4.69, 9.17) is 10.5 Å². The molecule has 0 aliphatic carbocycles. The number of amides is 1. The van der Waals surface area contributed by atoms with Gasteiger partial charge < -0.3 is 20.7 Å². The Labute approximate surface area is 101 Å². The van der Waals surface area contributed by atoms with Crippen LogP contribution in [0.15, 0.2) is 18.3 Å². The molecule has 1 aromatic rings. The van der Waals surface area contributed by atoms with E-state index in [0.29, 0.717) is 11.5 Å². The zero-order valence-electron chi connectivity index (χ0n) is 10.3. The second kappa shape index (κ2) is 6.17. The molecule has 0 fully saturated rings. The second-order valence-corrected chi connectivity index (χ2v) is 3.72. The minimum absolute atomic E-state index is 0.139. The molecule has 0 bridgehead atoms. The lowest BCUT2D eigenvalue weighted by Crippen LogP contribution is -2.36. The van der Waals surface area contributed by atoms with Crippen LogP contribution in [0.1, 0.15) is 0 Å². The van der Waals surface area contributed by atoms with E-state index < -0.39 is 6.10 Å². The Kier molecular flexibility index (Phi) is 4.86. The topological polar surface area (TPSA) is 80.5 Å². The zero-order valence-corrected chi connectivity index (χ0v) is 10.3. The number of carbonyl (C=O) groups excluding carboxylic acids is 1. The monoisotopic (exact) mass is 238 g/mol. The van der Waals surface area contributed by atoms with E-state index in [0.717, 1.165) is 0 Å². The minimum Gasteiger partial charge on any atom is -0.370 e. The molecule has 0 aliphatic rings. The van der Waals surface area contributed by atoms with Gasteiger partial charge in [-0.3, -0.25) is 4.79 Å². The van der Waals surface area contributed by atoms with Crippen LogP contribution >= 0.6 is 0 Å². The first kappa shape index (κ1) is 13.4. The summed E-state index contributed by atoms with van der Waals surface area (Å²) in [6.07, 6.45) is 1.02. The van der Waals surface area contributed by atoms with Crippen molar-refractivity contribution in [2.75, 3.05) is 38.0 Å². The van der Waals surface area contributed by atoms with Crippen LogP contribution < -0.4 is 16.0 Å². The quantitative estimate of drug-likeness (QED) is 0.758. The number of hydrogen-bond acceptors (Lipinski definition) is 5. The molecule has 1 atom stereocenters. The fraction of sp³-hybridized carbons (Fsp3) is 0.455. The van der Waals surface area contributed by atoms with E-state index >= 15 is 0 Å². The highest BCUT2D eigenvalue weighted by Crippen LogP contribution is 2.20. The van der Waals surface area contributed by atoms with Crippen molar-refractivity contribution in [3.63, 3.8) is 0 Å². The standard InChI is InChI=1S/C11H18N4O2/c1-15(2)10-8(5-4-6-13-10)14-11(16)9(7-12)17-3/h4-6,9H,7,12H2,1-3H3,(H,14,16). The van der Waals surface area contributed by atoms with E-state index in [2.05, 4.69) is 10.3 Å². The molecule has 1 aromatic heterocycles. The molecule has 0 aliphatic heterocycles. The van der Waals surface area contributed by atoms with E-state index in [-0.39, 0.29) is 12.5 Å². The van der Waals surface area contributed by atoms with Gasteiger partial charge in [0.25, 0.3) is 5.91 Å². The van der Waals surface area contributed by atoms with Crippen molar-refractivity contribution in [2.24, 2.45) is 5.73 Å². The molecule has 3 N–H and O–H groups in total. The van der Waals surface area contributed by atoms with Gasteiger partial charge in [-0.2, -0.15) is 0 Å². The average molecular weight is 238 g/mol. The Morgan fingerprint density at radius 3 is 2.88 bits per heavy atom. The van der Waals surface area contributed by atoms with Gasteiger partial charge in [0.15, 0.2) is 5.82 Å². The maximum absolute atomic E-state index is 11.8. The molecule has 1 amide bonds. The summed E-state index contributed by atoms with van der Waals surface area (Å²) in [6, 6.07) is 3.54. The first-order valence-electron chi connectivity index (χ1n) is 5.26. The van der Waals surface area contributed by atoms with Gasteiger partial charge in [-0.25, -0.2) is 4.98 Å². The number of pyridine rings is 1. The summed E-state index contributed by atoms with van der Waals surface area (Å²) in [5.41, 5.74) is 6.06. The molecule has 1 unspecified atom stereocenters. The average Bonchev–Trinajstić information content (AvgIpc) is 2.31. The highest BCUT2D eigenvalue weighted by atomic mass is 16.5. The Bertz CT molecular complexity index is 377. The number of anilines is 2. The molecule has 17 heavy (non-hydrogen) atoms. The lowest BCUT2D eigenvalue weighted by Gasteiger charge is -2.18. The summed E-state index contributed by atoms with van der Waals surface area (Å²) in [7, 11) is 5.16. The van der Waals surface area contributed by atoms with Gasteiger partial charge in [0.05, 0.1) is 5.69 Å². The van der Waals surface area contributed by atoms with Crippen LogP contribution in [-0.4, -0.2) is 44.7 Å². The van der Waals surface area contributed by atoms with Crippen LogP contribution in [-0.2, 0) is 9.53 Å². The lowest BCUT2D eigenvalue weighted by molar-refractivity contribution is -0.125. The Balaban J connectivity index is 2.84. The normalized spacial score (nSPS) is 12.0. The summed E-state index contributed by atoms with van der Waals surface area (Å²) in [5.74, 6) is 0.416. The number of nitrogens with zero attached hydrogens (tertiary/aromatic N) is 2. The lowest BCUT2D eigenvalue weighted by atomic mass is 10.3. The van der Waals surface area contributed by atoms with Gasteiger partial charge in [0.1, 0.15) is 6.10 Å². The Morgan fingerprint density at radius 2 is 2.35 bits per heavy atom. The molecule has 94 valence electrons. The van der Waals surface area contributed by atoms with Crippen LogP contribution in [0.5, 0.6) is 0 Å². The van der Waals surface area contributed by atoms with Gasteiger partial charge >= 0.3 is 0 Å². The van der Waals surface area contributed by atoms with E-state index in [1.807, 2.05) is 19.0 Å². The number of nitrogens with one attached hydrogen (secondary N) is 1. The molecule has 0 radical (unpaired) electrons. The van der Waals surface area contributed by atoms with Crippen molar-refractivity contribution >= 4 is 17.4 Å². The third-order valence-electron chi connectivity index (χ3n) is 2.26. The summed E-state index contributed by atoms with van der Waals surface area (Å²) in [5, 5.41) is 2.75. The smallest absolute Gasteiger partial charge is 0.254 e. The largest absolute Gasteiger partial charge is 0.370 e. The molecule has 0 saturated carbocycles. The van der Waals surface area contributed by atoms with Gasteiger partial charge in [0.2, 0.25) is 0 Å². The highest BCUT2D eigenvalue weighted by Gasteiger charge is 2.17. The maximum atomic E-state index is 11.8. The molecule has 0 aromatic carbocycles. The van der Waals surface area contributed by atoms with Crippen molar-refractivity contribution in [3.8, 4) is 0 Å². The van der Waals surface area contributed by atoms with Crippen LogP contribution in [0.25, 0.3) is 0 Å². The summed E-state index contributed by atoms with van der Waals surface area (Å²) in [4.78, 5) is 17.8. The molecule has 0 saturated heterocycles. The first-order chi connectivity index (χ1) is 8.10. The van der Waals surface area contributed by atoms with E-state index in [9.17, 15) is 4.79 Å². The van der Waals surface area contributed by atoms with Crippen molar-refractivity contribution in [1.29, 1.82) is 0 Å². The van der Waals surface area contributed by atoms with Crippen molar-refractivity contribution < 1.29 is 9.53 Å². The van der Waals surface area contributed by atoms with Gasteiger partial charge in [-0.1, -0.05) is 0 Å². The molecular weight excluding hydrogens is 220 g/mol. The van der Waals surface area contributed by atoms with Crippen LogP contribution in [0, 0.1) is 0 Å². The predicted molar refractivity (Wildman–Crippen MR) is 67.0 cm³/mol. The number of nitrogens with two attached hydrogens (primary N) is 1. The van der Waals surface area contributed by atoms with Crippen LogP contribution in [0.4, 0.5) is 11.5 Å². The SMILES string of the molecule is COC(CN)C(=O)Nc1cccnc1N(C)C. The Hall–Kier alpha value is -1.66. The number of ether oxygens (including phenoxy) is 1. The van der Waals surface area contributed by atoms with Gasteiger partial charge in [0, 0.05) is 33.9 Å². The van der Waals surface area contributed by atoms with E-state index in [1.54, 1.807) is 18.3 Å². The predicted octanol–water partition coefficient (Wildman–Crippen LogP) is 0.0598. The van der Waals surface area contributed by atoms with Crippen molar-refractivity contribution in [1.82, 2.24) is 4.98 Å². The van der Waals surface area contributed by atoms with Crippen molar-refractivity contribution in [2.45, 2.75) is 6.10 Å². The van der Waals surface area contributed by atoms with Crippen LogP contribution in [0.3, 0.4) is 0 Å². The van der Waals surface area contributed by atoms with Crippen LogP contribution in [0.2, 0.25) is 0 Å². The number of rotatable bonds is 5. The van der Waals surface area contributed by atoms with Crippen molar-refractivity contribution in [3.05, 3.63) is 18.3 Å². The summed E-state index contributed by atoms with van der Waals surface area (Å²) >= 11 is 0. The van der Waals surface area contributed by atoms with Gasteiger partial charge in [-0.15, -0.1) is 0 Å². The summed E-state index contributed by atoms with van der Waals surface area (Å²) < 4.78 is 4.96. The fourth-order valence-electron chi connectivity index (χ4n) is 1.37. The molecule has 1 rings (SSSR count). The molecule has 6 nitrogen and oxygen atoms in total. The number of aromatic nitrogens is 1. The maximum Gasteiger partial charge on any atom is 0.254 e. The zero-order chi connectivity index (χ0) is 12.8. The summed E-state index contributed by atoms with van der Waals surface area (Å²) in [6.45, 7) is 0.139. The number of carbonyl (C=O) groups is 1. The van der Waals surface area contributed by atoms with E-state index in [1.165, 1.54) is 7.11 Å². The molecule has 6 heteroatoms.